The first-order valence-corrected chi connectivity index (χ1v) is 11.8. The minimum absolute atomic E-state index is 0. The Morgan fingerprint density at radius 1 is 1.20 bits per heavy atom. The summed E-state index contributed by atoms with van der Waals surface area (Å²) in [7, 11) is -0.752. The van der Waals surface area contributed by atoms with Crippen LogP contribution in [0.1, 0.15) is 45.1 Å². The zero-order valence-corrected chi connectivity index (χ0v) is 20.9. The number of nitrogens with one attached hydrogen (secondary N) is 3. The van der Waals surface area contributed by atoms with E-state index in [-0.39, 0.29) is 53.4 Å². The number of nitrogens with zero attached hydrogens (tertiary/aromatic N) is 1. The van der Waals surface area contributed by atoms with Crippen LogP contribution in [-0.2, 0) is 22.0 Å². The van der Waals surface area contributed by atoms with Gasteiger partial charge in [-0.2, -0.15) is 0 Å². The fraction of sp³-hybridized carbons (Fsp3) is 0.619. The van der Waals surface area contributed by atoms with Gasteiger partial charge in [0.2, 0.25) is 5.91 Å². The van der Waals surface area contributed by atoms with Crippen LogP contribution < -0.4 is 16.0 Å². The first-order valence-electron chi connectivity index (χ1n) is 10.4. The number of carbonyl (C=O) groups is 1. The summed E-state index contributed by atoms with van der Waals surface area (Å²) in [6.45, 7) is 5.63. The SMILES string of the molecule is CCNC(=NCCNC(=O)Cc1ccc(F)cc1)NC1CCCC(S(=O)CC)C1.I. The molecule has 6 nitrogen and oxygen atoms in total. The van der Waals surface area contributed by atoms with Crippen LogP contribution in [0, 0.1) is 5.82 Å². The van der Waals surface area contributed by atoms with E-state index in [1.165, 1.54) is 12.1 Å². The second-order valence-electron chi connectivity index (χ2n) is 7.21. The van der Waals surface area contributed by atoms with Crippen molar-refractivity contribution >= 4 is 46.6 Å². The highest BCUT2D eigenvalue weighted by molar-refractivity contribution is 14.0. The maximum atomic E-state index is 12.9. The summed E-state index contributed by atoms with van der Waals surface area (Å²) in [6.07, 6.45) is 4.29. The third-order valence-electron chi connectivity index (χ3n) is 4.95. The number of hydrogen-bond acceptors (Lipinski definition) is 3. The van der Waals surface area contributed by atoms with Gasteiger partial charge in [0.05, 0.1) is 13.0 Å². The Morgan fingerprint density at radius 3 is 2.60 bits per heavy atom. The third kappa shape index (κ3) is 9.72. The van der Waals surface area contributed by atoms with Crippen molar-refractivity contribution in [2.24, 2.45) is 4.99 Å². The van der Waals surface area contributed by atoms with Crippen LogP contribution in [0.5, 0.6) is 0 Å². The number of amides is 1. The van der Waals surface area contributed by atoms with Crippen LogP contribution in [0.15, 0.2) is 29.3 Å². The number of carbonyl (C=O) groups excluding carboxylic acids is 1. The standard InChI is InChI=1S/C21H33FN4O2S.HI/c1-3-23-21(26-18-6-5-7-19(15-18)29(28)4-2)25-13-12-24-20(27)14-16-8-10-17(22)11-9-16;/h8-11,18-19H,3-7,12-15H2,1-2H3,(H,24,27)(H2,23,25,26);1H. The molecule has 30 heavy (non-hydrogen) atoms. The van der Waals surface area contributed by atoms with Gasteiger partial charge in [-0.1, -0.05) is 25.5 Å². The molecule has 0 spiro atoms. The summed E-state index contributed by atoms with van der Waals surface area (Å²) in [5.74, 6) is 1.02. The Bertz CT molecular complexity index is 703. The molecule has 1 aromatic carbocycles. The number of rotatable bonds is 9. The van der Waals surface area contributed by atoms with Gasteiger partial charge in [-0.05, 0) is 43.9 Å². The second kappa shape index (κ2) is 14.7. The summed E-state index contributed by atoms with van der Waals surface area (Å²) >= 11 is 0. The Hall–Kier alpha value is -1.23. The summed E-state index contributed by atoms with van der Waals surface area (Å²) in [5, 5.41) is 9.80. The summed E-state index contributed by atoms with van der Waals surface area (Å²) in [6, 6.07) is 6.21. The molecule has 1 aliphatic rings. The molecule has 1 aliphatic carbocycles. The summed E-state index contributed by atoms with van der Waals surface area (Å²) in [4.78, 5) is 16.5. The van der Waals surface area contributed by atoms with E-state index in [2.05, 4.69) is 20.9 Å². The predicted octanol–water partition coefficient (Wildman–Crippen LogP) is 2.74. The van der Waals surface area contributed by atoms with Crippen molar-refractivity contribution in [3.8, 4) is 0 Å². The Kier molecular flexibility index (Phi) is 13.2. The first kappa shape index (κ1) is 26.8. The summed E-state index contributed by atoms with van der Waals surface area (Å²) in [5.41, 5.74) is 0.777. The average molecular weight is 552 g/mol. The van der Waals surface area contributed by atoms with Gasteiger partial charge in [0.1, 0.15) is 5.82 Å². The highest BCUT2D eigenvalue weighted by Crippen LogP contribution is 2.22. The molecule has 9 heteroatoms. The minimum atomic E-state index is -0.752. The smallest absolute Gasteiger partial charge is 0.224 e. The predicted molar refractivity (Wildman–Crippen MR) is 132 cm³/mol. The molecule has 0 aromatic heterocycles. The lowest BCUT2D eigenvalue weighted by atomic mass is 9.95. The fourth-order valence-corrected chi connectivity index (χ4v) is 4.83. The lowest BCUT2D eigenvalue weighted by Crippen LogP contribution is -2.47. The number of benzene rings is 1. The van der Waals surface area contributed by atoms with Gasteiger partial charge in [0.25, 0.3) is 0 Å². The number of guanidine groups is 1. The van der Waals surface area contributed by atoms with Crippen LogP contribution in [0.3, 0.4) is 0 Å². The molecule has 2 rings (SSSR count). The van der Waals surface area contributed by atoms with Crippen LogP contribution >= 0.6 is 24.0 Å². The molecule has 1 fully saturated rings. The van der Waals surface area contributed by atoms with Crippen LogP contribution in [-0.4, -0.2) is 52.8 Å². The van der Waals surface area contributed by atoms with Crippen LogP contribution in [0.2, 0.25) is 0 Å². The van der Waals surface area contributed by atoms with E-state index in [1.807, 2.05) is 13.8 Å². The Balaban J connectivity index is 0.00000450. The molecule has 1 aromatic rings. The first-order chi connectivity index (χ1) is 14.0. The summed E-state index contributed by atoms with van der Waals surface area (Å²) < 4.78 is 25.0. The van der Waals surface area contributed by atoms with Crippen molar-refractivity contribution in [2.75, 3.05) is 25.4 Å². The maximum Gasteiger partial charge on any atom is 0.224 e. The van der Waals surface area contributed by atoms with Gasteiger partial charge in [-0.3, -0.25) is 14.0 Å². The molecule has 1 saturated carbocycles. The topological polar surface area (TPSA) is 82.6 Å². The zero-order chi connectivity index (χ0) is 21.1. The van der Waals surface area contributed by atoms with E-state index in [0.29, 0.717) is 18.8 Å². The van der Waals surface area contributed by atoms with Gasteiger partial charge in [0.15, 0.2) is 5.96 Å². The quantitative estimate of drug-likeness (QED) is 0.191. The lowest BCUT2D eigenvalue weighted by molar-refractivity contribution is -0.120. The molecular weight excluding hydrogens is 518 g/mol. The van der Waals surface area contributed by atoms with Gasteiger partial charge in [-0.15, -0.1) is 24.0 Å². The van der Waals surface area contributed by atoms with Gasteiger partial charge < -0.3 is 16.0 Å². The third-order valence-corrected chi connectivity index (χ3v) is 6.69. The van der Waals surface area contributed by atoms with Crippen molar-refractivity contribution < 1.29 is 13.4 Å². The Morgan fingerprint density at radius 2 is 1.93 bits per heavy atom. The largest absolute Gasteiger partial charge is 0.357 e. The highest BCUT2D eigenvalue weighted by atomic mass is 127. The number of hydrogen-bond donors (Lipinski definition) is 3. The van der Waals surface area contributed by atoms with Crippen molar-refractivity contribution in [3.63, 3.8) is 0 Å². The number of halogens is 2. The molecule has 3 unspecified atom stereocenters. The normalized spacial score (nSPS) is 20.0. The maximum absolute atomic E-state index is 12.9. The second-order valence-corrected chi connectivity index (χ2v) is 9.22. The molecule has 0 saturated heterocycles. The molecule has 170 valence electrons. The molecule has 1 amide bonds. The molecule has 3 atom stereocenters. The van der Waals surface area contributed by atoms with Gasteiger partial charge >= 0.3 is 0 Å². The van der Waals surface area contributed by atoms with Crippen molar-refractivity contribution in [2.45, 2.75) is 57.2 Å². The van der Waals surface area contributed by atoms with Crippen molar-refractivity contribution in [1.29, 1.82) is 0 Å². The van der Waals surface area contributed by atoms with Crippen molar-refractivity contribution in [3.05, 3.63) is 35.6 Å². The van der Waals surface area contributed by atoms with E-state index < -0.39 is 10.8 Å². The van der Waals surface area contributed by atoms with Crippen LogP contribution in [0.4, 0.5) is 4.39 Å². The van der Waals surface area contributed by atoms with E-state index in [1.54, 1.807) is 12.1 Å². The van der Waals surface area contributed by atoms with E-state index in [0.717, 1.165) is 43.8 Å². The lowest BCUT2D eigenvalue weighted by Gasteiger charge is -2.30. The molecular formula is C21H34FIN4O2S. The highest BCUT2D eigenvalue weighted by Gasteiger charge is 2.25. The monoisotopic (exact) mass is 552 g/mol. The van der Waals surface area contributed by atoms with E-state index >= 15 is 0 Å². The molecule has 0 heterocycles. The van der Waals surface area contributed by atoms with Gasteiger partial charge in [-0.25, -0.2) is 4.39 Å². The number of aliphatic imine (C=N–C) groups is 1. The van der Waals surface area contributed by atoms with Crippen LogP contribution in [0.25, 0.3) is 0 Å². The molecule has 3 N–H and O–H groups in total. The molecule has 0 aliphatic heterocycles. The zero-order valence-electron chi connectivity index (χ0n) is 17.8. The Labute approximate surface area is 198 Å². The van der Waals surface area contributed by atoms with E-state index in [9.17, 15) is 13.4 Å². The molecule has 0 bridgehead atoms. The van der Waals surface area contributed by atoms with Gasteiger partial charge in [0, 0.05) is 40.9 Å². The minimum Gasteiger partial charge on any atom is -0.357 e. The fourth-order valence-electron chi connectivity index (χ4n) is 3.48. The average Bonchev–Trinajstić information content (AvgIpc) is 2.72. The molecule has 0 radical (unpaired) electrons. The van der Waals surface area contributed by atoms with E-state index in [4.69, 9.17) is 0 Å². The van der Waals surface area contributed by atoms with Crippen molar-refractivity contribution in [1.82, 2.24) is 16.0 Å².